The van der Waals surface area contributed by atoms with Crippen LogP contribution in [0.1, 0.15) is 40.0 Å². The van der Waals surface area contributed by atoms with E-state index in [1.165, 1.54) is 28.3 Å². The molecule has 1 aromatic heterocycles. The van der Waals surface area contributed by atoms with Crippen molar-refractivity contribution in [2.45, 2.75) is 49.7 Å². The van der Waals surface area contributed by atoms with Crippen LogP contribution in [0.2, 0.25) is 0 Å². The highest BCUT2D eigenvalue weighted by Gasteiger charge is 2.26. The first-order valence-electron chi connectivity index (χ1n) is 8.51. The van der Waals surface area contributed by atoms with E-state index in [0.717, 1.165) is 60.4 Å². The summed E-state index contributed by atoms with van der Waals surface area (Å²) < 4.78 is 27.0. The molecule has 7 heteroatoms. The fraction of sp³-hybridized carbons (Fsp3) is 0.389. The van der Waals surface area contributed by atoms with Crippen molar-refractivity contribution in [1.82, 2.24) is 4.72 Å². The van der Waals surface area contributed by atoms with Crippen LogP contribution in [0.25, 0.3) is 0 Å². The quantitative estimate of drug-likeness (QED) is 0.860. The van der Waals surface area contributed by atoms with Crippen molar-refractivity contribution >= 4 is 33.1 Å². The lowest BCUT2D eigenvalue weighted by molar-refractivity contribution is 0.256. The van der Waals surface area contributed by atoms with E-state index in [1.807, 2.05) is 6.92 Å². The predicted octanol–water partition coefficient (Wildman–Crippen LogP) is 3.54. The summed E-state index contributed by atoms with van der Waals surface area (Å²) in [5.74, 6) is 0. The number of carbonyl (C=O) groups excluding carboxylic acids is 1. The molecule has 0 fully saturated rings. The highest BCUT2D eigenvalue weighted by atomic mass is 32.2. The van der Waals surface area contributed by atoms with Gasteiger partial charge in [0.15, 0.2) is 0 Å². The molecule has 1 aromatic carbocycles. The zero-order chi connectivity index (χ0) is 17.6. The summed E-state index contributed by atoms with van der Waals surface area (Å²) in [5, 5.41) is 2.85. The van der Waals surface area contributed by atoms with Gasteiger partial charge in [-0.25, -0.2) is 17.9 Å². The number of amides is 2. The van der Waals surface area contributed by atoms with E-state index >= 15 is 0 Å². The van der Waals surface area contributed by atoms with Gasteiger partial charge in [0, 0.05) is 10.6 Å². The summed E-state index contributed by atoms with van der Waals surface area (Å²) in [6.07, 6.45) is 6.12. The normalized spacial score (nSPS) is 15.7. The molecule has 0 aliphatic heterocycles. The Morgan fingerprint density at radius 1 is 1.04 bits per heavy atom. The van der Waals surface area contributed by atoms with Crippen LogP contribution < -0.4 is 10.0 Å². The van der Waals surface area contributed by atoms with Crippen LogP contribution in [0.3, 0.4) is 0 Å². The molecule has 0 spiro atoms. The third-order valence-electron chi connectivity index (χ3n) is 4.92. The third-order valence-corrected chi connectivity index (χ3v) is 7.74. The summed E-state index contributed by atoms with van der Waals surface area (Å²) in [6.45, 7) is 1.83. The number of fused-ring (bicyclic) bond motifs is 2. The second-order valence-electron chi connectivity index (χ2n) is 6.66. The minimum absolute atomic E-state index is 0.156. The van der Waals surface area contributed by atoms with Crippen LogP contribution in [0.15, 0.2) is 22.4 Å². The highest BCUT2D eigenvalue weighted by molar-refractivity contribution is 7.92. The number of hydrogen-bond acceptors (Lipinski definition) is 4. The maximum Gasteiger partial charge on any atom is 0.333 e. The summed E-state index contributed by atoms with van der Waals surface area (Å²) >= 11 is 1.15. The van der Waals surface area contributed by atoms with E-state index in [2.05, 4.69) is 16.1 Å². The van der Waals surface area contributed by atoms with Crippen LogP contribution in [0, 0.1) is 6.92 Å². The molecule has 2 amide bonds. The van der Waals surface area contributed by atoms with Crippen molar-refractivity contribution in [2.75, 3.05) is 5.32 Å². The largest absolute Gasteiger partial charge is 0.333 e. The Morgan fingerprint density at radius 2 is 1.68 bits per heavy atom. The van der Waals surface area contributed by atoms with Crippen molar-refractivity contribution in [1.29, 1.82) is 0 Å². The Kier molecular flexibility index (Phi) is 4.08. The van der Waals surface area contributed by atoms with Crippen LogP contribution in [0.4, 0.5) is 10.5 Å². The number of urea groups is 1. The number of anilines is 1. The van der Waals surface area contributed by atoms with Gasteiger partial charge in [0.25, 0.3) is 10.0 Å². The van der Waals surface area contributed by atoms with Crippen molar-refractivity contribution in [3.63, 3.8) is 0 Å². The van der Waals surface area contributed by atoms with E-state index in [1.54, 1.807) is 6.07 Å². The van der Waals surface area contributed by atoms with Gasteiger partial charge in [0.05, 0.1) is 0 Å². The summed E-state index contributed by atoms with van der Waals surface area (Å²) in [5.41, 5.74) is 5.80. The summed E-state index contributed by atoms with van der Waals surface area (Å²) in [7, 11) is -3.83. The average molecular weight is 377 g/mol. The Morgan fingerprint density at radius 3 is 2.24 bits per heavy atom. The number of carbonyl (C=O) groups is 1. The number of sulfonamides is 1. The monoisotopic (exact) mass is 376 g/mol. The SMILES string of the molecule is Cc1ccc(S(=O)(=O)NC(=O)Nc2c3c(cc4c2CCC4)CCC3)s1. The maximum absolute atomic E-state index is 12.4. The van der Waals surface area contributed by atoms with Crippen molar-refractivity contribution < 1.29 is 13.2 Å². The number of benzene rings is 1. The van der Waals surface area contributed by atoms with E-state index in [4.69, 9.17) is 0 Å². The molecular formula is C18H20N2O3S2. The van der Waals surface area contributed by atoms with Crippen LogP contribution in [-0.2, 0) is 35.7 Å². The van der Waals surface area contributed by atoms with Crippen LogP contribution in [-0.4, -0.2) is 14.4 Å². The number of aryl methyl sites for hydroxylation is 3. The van der Waals surface area contributed by atoms with E-state index in [-0.39, 0.29) is 4.21 Å². The van der Waals surface area contributed by atoms with Crippen LogP contribution in [0.5, 0.6) is 0 Å². The molecule has 2 aliphatic carbocycles. The van der Waals surface area contributed by atoms with E-state index < -0.39 is 16.1 Å². The van der Waals surface area contributed by atoms with Gasteiger partial charge in [-0.1, -0.05) is 6.07 Å². The van der Waals surface area contributed by atoms with Gasteiger partial charge in [-0.15, -0.1) is 11.3 Å². The fourth-order valence-corrected chi connectivity index (χ4v) is 6.03. The Hall–Kier alpha value is -1.86. The minimum atomic E-state index is -3.83. The Labute approximate surface area is 151 Å². The minimum Gasteiger partial charge on any atom is -0.307 e. The first-order chi connectivity index (χ1) is 11.9. The lowest BCUT2D eigenvalue weighted by Gasteiger charge is -2.16. The molecule has 0 atom stereocenters. The first-order valence-corrected chi connectivity index (χ1v) is 10.8. The molecule has 0 saturated heterocycles. The van der Waals surface area contributed by atoms with Gasteiger partial charge in [0.2, 0.25) is 0 Å². The predicted molar refractivity (Wildman–Crippen MR) is 98.9 cm³/mol. The molecule has 2 aromatic rings. The molecule has 2 aliphatic rings. The van der Waals surface area contributed by atoms with E-state index in [9.17, 15) is 13.2 Å². The summed E-state index contributed by atoms with van der Waals surface area (Å²) in [6, 6.07) is 4.85. The first kappa shape index (κ1) is 16.6. The third kappa shape index (κ3) is 3.06. The fourth-order valence-electron chi connectivity index (χ4n) is 3.84. The van der Waals surface area contributed by atoms with Crippen molar-refractivity contribution in [3.05, 3.63) is 45.3 Å². The van der Waals surface area contributed by atoms with Gasteiger partial charge in [-0.2, -0.15) is 0 Å². The molecule has 25 heavy (non-hydrogen) atoms. The van der Waals surface area contributed by atoms with Crippen molar-refractivity contribution in [2.24, 2.45) is 0 Å². The lowest BCUT2D eigenvalue weighted by atomic mass is 9.99. The molecule has 132 valence electrons. The second-order valence-corrected chi connectivity index (χ2v) is 9.86. The number of hydrogen-bond donors (Lipinski definition) is 2. The number of thiophene rings is 1. The smallest absolute Gasteiger partial charge is 0.307 e. The second kappa shape index (κ2) is 6.14. The molecule has 2 N–H and O–H groups in total. The molecule has 0 radical (unpaired) electrons. The Balaban J connectivity index is 1.60. The van der Waals surface area contributed by atoms with Crippen LogP contribution >= 0.6 is 11.3 Å². The molecule has 5 nitrogen and oxygen atoms in total. The topological polar surface area (TPSA) is 75.3 Å². The van der Waals surface area contributed by atoms with Gasteiger partial charge >= 0.3 is 6.03 Å². The highest BCUT2D eigenvalue weighted by Crippen LogP contribution is 2.38. The zero-order valence-electron chi connectivity index (χ0n) is 14.0. The molecule has 1 heterocycles. The molecule has 4 rings (SSSR count). The number of nitrogens with one attached hydrogen (secondary N) is 2. The van der Waals surface area contributed by atoms with Gasteiger partial charge in [-0.3, -0.25) is 0 Å². The van der Waals surface area contributed by atoms with Crippen molar-refractivity contribution in [3.8, 4) is 0 Å². The van der Waals surface area contributed by atoms with Gasteiger partial charge in [-0.05, 0) is 79.8 Å². The van der Waals surface area contributed by atoms with Gasteiger partial charge < -0.3 is 5.32 Å². The zero-order valence-corrected chi connectivity index (χ0v) is 15.6. The lowest BCUT2D eigenvalue weighted by Crippen LogP contribution is -2.34. The molecule has 0 bridgehead atoms. The standard InChI is InChI=1S/C18H20N2O3S2/c1-11-8-9-16(24-11)25(22,23)20-18(21)19-17-14-6-2-4-12(14)10-13-5-3-7-15(13)17/h8-10H,2-7H2,1H3,(H2,19,20,21). The summed E-state index contributed by atoms with van der Waals surface area (Å²) in [4.78, 5) is 13.3. The van der Waals surface area contributed by atoms with E-state index in [0.29, 0.717) is 0 Å². The van der Waals surface area contributed by atoms with Gasteiger partial charge in [0.1, 0.15) is 4.21 Å². The molecule has 0 saturated carbocycles. The number of rotatable bonds is 3. The average Bonchev–Trinajstić information content (AvgIpc) is 3.25. The Bertz CT molecular complexity index is 929. The molecule has 0 unspecified atom stereocenters. The maximum atomic E-state index is 12.4. The molecular weight excluding hydrogens is 356 g/mol.